The maximum Gasteiger partial charge on any atom is 0.124 e. The molecule has 0 heterocycles. The molecule has 112 valence electrons. The van der Waals surface area contributed by atoms with E-state index in [9.17, 15) is 9.50 Å². The summed E-state index contributed by atoms with van der Waals surface area (Å²) in [5.41, 5.74) is 1.67. The van der Waals surface area contributed by atoms with E-state index in [1.165, 1.54) is 12.1 Å². The van der Waals surface area contributed by atoms with Gasteiger partial charge in [0.25, 0.3) is 0 Å². The first-order valence-corrected chi connectivity index (χ1v) is 7.63. The van der Waals surface area contributed by atoms with Gasteiger partial charge in [-0.15, -0.1) is 0 Å². The number of rotatable bonds is 5. The zero-order valence-corrected chi connectivity index (χ0v) is 13.6. The van der Waals surface area contributed by atoms with Crippen molar-refractivity contribution in [1.82, 2.24) is 0 Å². The summed E-state index contributed by atoms with van der Waals surface area (Å²) in [6.45, 7) is 3.93. The molecule has 1 atom stereocenters. The molecule has 2 aromatic rings. The van der Waals surface area contributed by atoms with E-state index in [0.717, 1.165) is 16.9 Å². The van der Waals surface area contributed by atoms with Crippen LogP contribution in [0.15, 0.2) is 46.9 Å². The molecule has 21 heavy (non-hydrogen) atoms. The van der Waals surface area contributed by atoms with Gasteiger partial charge in [0.15, 0.2) is 0 Å². The van der Waals surface area contributed by atoms with Crippen LogP contribution in [0.1, 0.15) is 31.1 Å². The van der Waals surface area contributed by atoms with Gasteiger partial charge < -0.3 is 9.84 Å². The lowest BCUT2D eigenvalue weighted by atomic mass is 10.0. The van der Waals surface area contributed by atoms with Crippen LogP contribution in [0.25, 0.3) is 0 Å². The molecule has 2 aromatic carbocycles. The van der Waals surface area contributed by atoms with Crippen LogP contribution in [0, 0.1) is 5.82 Å². The van der Waals surface area contributed by atoms with Crippen LogP contribution in [0.4, 0.5) is 4.39 Å². The van der Waals surface area contributed by atoms with E-state index in [2.05, 4.69) is 15.9 Å². The van der Waals surface area contributed by atoms with Crippen LogP contribution >= 0.6 is 15.9 Å². The van der Waals surface area contributed by atoms with Crippen molar-refractivity contribution in [3.8, 4) is 5.75 Å². The highest BCUT2D eigenvalue weighted by Crippen LogP contribution is 2.26. The van der Waals surface area contributed by atoms with Gasteiger partial charge in [0.2, 0.25) is 0 Å². The first kappa shape index (κ1) is 16.0. The third-order valence-corrected chi connectivity index (χ3v) is 3.80. The third-order valence-electron chi connectivity index (χ3n) is 3.07. The molecule has 0 aliphatic heterocycles. The van der Waals surface area contributed by atoms with Gasteiger partial charge in [0, 0.05) is 10.9 Å². The summed E-state index contributed by atoms with van der Waals surface area (Å²) in [5, 5.41) is 10.3. The molecule has 0 saturated heterocycles. The second-order valence-corrected chi connectivity index (χ2v) is 6.05. The maximum absolute atomic E-state index is 13.1. The zero-order chi connectivity index (χ0) is 15.4. The Morgan fingerprint density at radius 3 is 2.38 bits per heavy atom. The van der Waals surface area contributed by atoms with Gasteiger partial charge in [0.1, 0.15) is 11.6 Å². The fourth-order valence-corrected chi connectivity index (χ4v) is 2.57. The molecule has 0 aliphatic rings. The van der Waals surface area contributed by atoms with Crippen LogP contribution in [-0.2, 0) is 6.42 Å². The van der Waals surface area contributed by atoms with E-state index in [1.807, 2.05) is 38.1 Å². The van der Waals surface area contributed by atoms with Crippen molar-refractivity contribution in [2.24, 2.45) is 0 Å². The van der Waals surface area contributed by atoms with Gasteiger partial charge in [-0.2, -0.15) is 0 Å². The Balaban J connectivity index is 2.07. The summed E-state index contributed by atoms with van der Waals surface area (Å²) >= 11 is 3.32. The fourth-order valence-electron chi connectivity index (χ4n) is 2.05. The molecule has 0 aromatic heterocycles. The van der Waals surface area contributed by atoms with Crippen molar-refractivity contribution in [2.75, 3.05) is 0 Å². The van der Waals surface area contributed by atoms with Crippen molar-refractivity contribution < 1.29 is 14.2 Å². The van der Waals surface area contributed by atoms with E-state index in [4.69, 9.17) is 4.74 Å². The average molecular weight is 353 g/mol. The highest BCUT2D eigenvalue weighted by Gasteiger charge is 2.11. The van der Waals surface area contributed by atoms with Crippen molar-refractivity contribution in [3.63, 3.8) is 0 Å². The van der Waals surface area contributed by atoms with Crippen molar-refractivity contribution >= 4 is 15.9 Å². The van der Waals surface area contributed by atoms with Gasteiger partial charge in [-0.3, -0.25) is 0 Å². The lowest BCUT2D eigenvalue weighted by molar-refractivity contribution is 0.178. The summed E-state index contributed by atoms with van der Waals surface area (Å²) in [6.07, 6.45) is -0.0959. The number of halogens is 2. The van der Waals surface area contributed by atoms with Crippen molar-refractivity contribution in [1.29, 1.82) is 0 Å². The van der Waals surface area contributed by atoms with E-state index in [0.29, 0.717) is 10.9 Å². The minimum Gasteiger partial charge on any atom is -0.491 e. The number of hydrogen-bond acceptors (Lipinski definition) is 2. The van der Waals surface area contributed by atoms with Crippen LogP contribution in [0.5, 0.6) is 5.75 Å². The van der Waals surface area contributed by atoms with Gasteiger partial charge in [-0.05, 0) is 49.2 Å². The third kappa shape index (κ3) is 4.55. The number of benzene rings is 2. The summed E-state index contributed by atoms with van der Waals surface area (Å²) in [7, 11) is 0. The number of ether oxygens (including phenoxy) is 1. The minimum atomic E-state index is -0.639. The molecule has 2 rings (SSSR count). The van der Waals surface area contributed by atoms with E-state index in [-0.39, 0.29) is 11.9 Å². The minimum absolute atomic E-state index is 0.121. The summed E-state index contributed by atoms with van der Waals surface area (Å²) in [6, 6.07) is 11.9. The topological polar surface area (TPSA) is 29.5 Å². The molecule has 0 bridgehead atoms. The first-order chi connectivity index (χ1) is 9.95. The molecule has 1 N–H and O–H groups in total. The summed E-state index contributed by atoms with van der Waals surface area (Å²) < 4.78 is 19.3. The normalized spacial score (nSPS) is 12.5. The molecule has 0 amide bonds. The molecule has 0 fully saturated rings. The smallest absolute Gasteiger partial charge is 0.124 e. The Morgan fingerprint density at radius 1 is 1.14 bits per heavy atom. The number of hydrogen-bond donors (Lipinski definition) is 1. The summed E-state index contributed by atoms with van der Waals surface area (Å²) in [4.78, 5) is 0. The molecule has 1 unspecified atom stereocenters. The van der Waals surface area contributed by atoms with E-state index in [1.54, 1.807) is 6.07 Å². The second-order valence-electron chi connectivity index (χ2n) is 5.19. The van der Waals surface area contributed by atoms with Crippen LogP contribution in [0.3, 0.4) is 0 Å². The summed E-state index contributed by atoms with van der Waals surface area (Å²) in [5.74, 6) is 0.485. The Bertz CT molecular complexity index is 596. The Labute approximate surface area is 132 Å². The molecule has 2 nitrogen and oxygen atoms in total. The molecule has 0 aliphatic carbocycles. The first-order valence-electron chi connectivity index (χ1n) is 6.84. The Morgan fingerprint density at radius 2 is 1.81 bits per heavy atom. The molecule has 0 radical (unpaired) electrons. The molecule has 0 saturated carbocycles. The van der Waals surface area contributed by atoms with E-state index < -0.39 is 6.10 Å². The van der Waals surface area contributed by atoms with Crippen LogP contribution in [-0.4, -0.2) is 11.2 Å². The highest BCUT2D eigenvalue weighted by molar-refractivity contribution is 9.10. The Kier molecular flexibility index (Phi) is 5.37. The fraction of sp³-hybridized carbons (Fsp3) is 0.294. The molecular formula is C17H18BrFO2. The standard InChI is InChI=1S/C17H18BrFO2/c1-11(2)21-15-7-4-12(5-8-15)17(20)9-13-3-6-14(19)10-16(13)18/h3-8,10-11,17,20H,9H2,1-2H3. The predicted molar refractivity (Wildman–Crippen MR) is 85.0 cm³/mol. The molecule has 4 heteroatoms. The second kappa shape index (κ2) is 7.05. The largest absolute Gasteiger partial charge is 0.491 e. The number of aliphatic hydroxyl groups is 1. The van der Waals surface area contributed by atoms with Crippen LogP contribution in [0.2, 0.25) is 0 Å². The van der Waals surface area contributed by atoms with E-state index >= 15 is 0 Å². The van der Waals surface area contributed by atoms with Gasteiger partial charge >= 0.3 is 0 Å². The Hall–Kier alpha value is -1.39. The predicted octanol–water partition coefficient (Wildman–Crippen LogP) is 4.65. The molecule has 0 spiro atoms. The van der Waals surface area contributed by atoms with Crippen molar-refractivity contribution in [2.45, 2.75) is 32.5 Å². The zero-order valence-electron chi connectivity index (χ0n) is 12.0. The lowest BCUT2D eigenvalue weighted by Gasteiger charge is -2.14. The monoisotopic (exact) mass is 352 g/mol. The van der Waals surface area contributed by atoms with Crippen molar-refractivity contribution in [3.05, 3.63) is 63.9 Å². The van der Waals surface area contributed by atoms with Crippen LogP contribution < -0.4 is 4.74 Å². The molecular weight excluding hydrogens is 335 g/mol. The lowest BCUT2D eigenvalue weighted by Crippen LogP contribution is -2.06. The highest BCUT2D eigenvalue weighted by atomic mass is 79.9. The van der Waals surface area contributed by atoms with Gasteiger partial charge in [-0.25, -0.2) is 4.39 Å². The quantitative estimate of drug-likeness (QED) is 0.848. The SMILES string of the molecule is CC(C)Oc1ccc(C(O)Cc2ccc(F)cc2Br)cc1. The van der Waals surface area contributed by atoms with Gasteiger partial charge in [0.05, 0.1) is 12.2 Å². The maximum atomic E-state index is 13.1. The number of aliphatic hydroxyl groups excluding tert-OH is 1. The van der Waals surface area contributed by atoms with Gasteiger partial charge in [-0.1, -0.05) is 34.1 Å². The average Bonchev–Trinajstić information content (AvgIpc) is 2.42.